The first kappa shape index (κ1) is 59.2. The molecule has 6 saturated heterocycles. The number of rotatable bonds is 12. The number of hydrogen-bond donors (Lipinski definition) is 10. The molecule has 6 unspecified atom stereocenters. The summed E-state index contributed by atoms with van der Waals surface area (Å²) < 4.78 is 0. The SMILES string of the molecule is CC(C)(C)c1ccc(N2C(c3ccc(N)c(NC(=O)C4CCCN4)c3)CCC2c2ccc(N)c(NC(=O)C3CCCN3)c2)cc1.CC(C)(C)c1ccc(N2C(c3ccc4nc([C@@H]5CCCN5)[nH]c4c3)CCC2c2ccc3nc([C@@H]4CCCN4)[nH]c3c2)cc1. The highest BCUT2D eigenvalue weighted by molar-refractivity contribution is 5.98. The van der Waals surface area contributed by atoms with E-state index in [1.165, 1.54) is 40.8 Å². The second kappa shape index (κ2) is 24.7. The molecular weight excluding hydrogens is 1090 g/mol. The smallest absolute Gasteiger partial charge is 0.241 e. The lowest BCUT2D eigenvalue weighted by Gasteiger charge is -2.34. The molecule has 16 nitrogen and oxygen atoms in total. The lowest BCUT2D eigenvalue weighted by molar-refractivity contribution is -0.118. The van der Waals surface area contributed by atoms with Crippen LogP contribution in [-0.4, -0.2) is 70.0 Å². The lowest BCUT2D eigenvalue weighted by Crippen LogP contribution is -2.35. The maximum atomic E-state index is 13.0. The summed E-state index contributed by atoms with van der Waals surface area (Å²) in [6.45, 7) is 17.4. The molecule has 460 valence electrons. The summed E-state index contributed by atoms with van der Waals surface area (Å²) in [5.41, 5.74) is 29.6. The fourth-order valence-corrected chi connectivity index (χ4v) is 14.6. The minimum absolute atomic E-state index is 0.0405. The molecule has 0 bridgehead atoms. The topological polar surface area (TPSA) is 222 Å². The predicted molar refractivity (Wildman–Crippen MR) is 358 cm³/mol. The largest absolute Gasteiger partial charge is 0.397 e. The minimum Gasteiger partial charge on any atom is -0.397 e. The fourth-order valence-electron chi connectivity index (χ4n) is 14.6. The number of nitrogens with zero attached hydrogens (tertiary/aromatic N) is 4. The molecule has 0 spiro atoms. The van der Waals surface area contributed by atoms with E-state index in [1.54, 1.807) is 0 Å². The second-order valence-corrected chi connectivity index (χ2v) is 27.7. The number of benzene rings is 6. The Hall–Kier alpha value is -7.76. The molecule has 6 aliphatic rings. The molecule has 0 saturated carbocycles. The number of aromatic amines is 2. The highest BCUT2D eigenvalue weighted by Gasteiger charge is 2.39. The van der Waals surface area contributed by atoms with E-state index >= 15 is 0 Å². The zero-order chi connectivity index (χ0) is 60.8. The van der Waals surface area contributed by atoms with Crippen LogP contribution in [0.2, 0.25) is 0 Å². The number of aromatic nitrogens is 4. The summed E-state index contributed by atoms with van der Waals surface area (Å²) in [6.07, 6.45) is 12.4. The quantitative estimate of drug-likeness (QED) is 0.0516. The van der Waals surface area contributed by atoms with Gasteiger partial charge in [-0.15, -0.1) is 0 Å². The maximum Gasteiger partial charge on any atom is 0.241 e. The molecule has 16 heteroatoms. The number of carbonyl (C=O) groups is 2. The van der Waals surface area contributed by atoms with E-state index in [-0.39, 0.29) is 58.9 Å². The number of hydrogen-bond acceptors (Lipinski definition) is 12. The molecule has 8 atom stereocenters. The number of carbonyl (C=O) groups excluding carboxylic acids is 2. The molecule has 6 aliphatic heterocycles. The van der Waals surface area contributed by atoms with Crippen molar-refractivity contribution in [3.63, 3.8) is 0 Å². The number of amides is 2. The number of nitrogens with two attached hydrogens (primary N) is 2. The van der Waals surface area contributed by atoms with Gasteiger partial charge in [0.05, 0.1) is 93.2 Å². The summed E-state index contributed by atoms with van der Waals surface area (Å²) in [5.74, 6) is 2.06. The van der Waals surface area contributed by atoms with E-state index in [0.717, 1.165) is 141 Å². The third-order valence-electron chi connectivity index (χ3n) is 19.6. The van der Waals surface area contributed by atoms with Crippen LogP contribution in [0.1, 0.15) is 200 Å². The predicted octanol–water partition coefficient (Wildman–Crippen LogP) is 13.3. The van der Waals surface area contributed by atoms with E-state index in [1.807, 2.05) is 24.3 Å². The molecule has 12 N–H and O–H groups in total. The third-order valence-corrected chi connectivity index (χ3v) is 19.6. The van der Waals surface area contributed by atoms with Gasteiger partial charge in [0.1, 0.15) is 11.6 Å². The van der Waals surface area contributed by atoms with E-state index in [9.17, 15) is 9.59 Å². The lowest BCUT2D eigenvalue weighted by atomic mass is 9.87. The van der Waals surface area contributed by atoms with Gasteiger partial charge in [0.15, 0.2) is 0 Å². The number of fused-ring (bicyclic) bond motifs is 2. The van der Waals surface area contributed by atoms with Gasteiger partial charge < -0.3 is 63.1 Å². The van der Waals surface area contributed by atoms with Gasteiger partial charge in [0.2, 0.25) is 11.8 Å². The third kappa shape index (κ3) is 12.4. The average molecular weight is 1180 g/mol. The number of anilines is 6. The number of nitrogen functional groups attached to an aromatic ring is 2. The Morgan fingerprint density at radius 3 is 1.14 bits per heavy atom. The van der Waals surface area contributed by atoms with Gasteiger partial charge in [-0.2, -0.15) is 0 Å². The summed E-state index contributed by atoms with van der Waals surface area (Å²) in [7, 11) is 0. The van der Waals surface area contributed by atoms with Crippen molar-refractivity contribution in [2.75, 3.05) is 58.1 Å². The van der Waals surface area contributed by atoms with Crippen molar-refractivity contribution in [1.82, 2.24) is 41.2 Å². The van der Waals surface area contributed by atoms with Crippen molar-refractivity contribution in [2.45, 2.75) is 178 Å². The Balaban J connectivity index is 0.000000162. The summed E-state index contributed by atoms with van der Waals surface area (Å²) in [5, 5.41) is 19.9. The number of nitrogens with one attached hydrogen (secondary N) is 8. The first-order valence-corrected chi connectivity index (χ1v) is 32.6. The van der Waals surface area contributed by atoms with Crippen LogP contribution in [0.5, 0.6) is 0 Å². The van der Waals surface area contributed by atoms with Crippen molar-refractivity contribution in [2.24, 2.45) is 0 Å². The van der Waals surface area contributed by atoms with E-state index in [2.05, 4.69) is 190 Å². The molecule has 2 aromatic heterocycles. The zero-order valence-electron chi connectivity index (χ0n) is 52.2. The van der Waals surface area contributed by atoms with Crippen molar-refractivity contribution in [1.29, 1.82) is 0 Å². The standard InChI is InChI=1S/C36H47N7O2.C36H43N7/c1-36(2,3)24-10-12-25(13-11-24)43-32(22-8-14-26(37)30(20-22)41-34(44)28-6-4-18-39-28)16-17-33(43)23-9-15-27(38)31(21-23)42-35(45)29-7-5-19-40-29;1-36(2,3)24-10-12-25(13-11-24)43-32(22-8-14-26-30(20-22)41-34(39-26)28-6-4-18-37-28)16-17-33(43)23-9-15-27-31(21-23)42-35(40-27)29-7-5-19-38-29/h8-15,20-21,28-29,32-33,39-40H,4-7,16-19,37-38H2,1-3H3,(H,41,44)(H,42,45);8-15,20-21,28-29,32-33,37-38H,4-7,16-19H2,1-3H3,(H,39,41)(H,40,42)/t;28-,29-,32?,33?/m.0/s1. The molecule has 8 heterocycles. The van der Waals surface area contributed by atoms with Crippen LogP contribution >= 0.6 is 0 Å². The molecule has 6 aromatic carbocycles. The molecule has 8 aromatic rings. The van der Waals surface area contributed by atoms with Crippen LogP contribution in [0.3, 0.4) is 0 Å². The van der Waals surface area contributed by atoms with Crippen LogP contribution in [0.4, 0.5) is 34.1 Å². The van der Waals surface area contributed by atoms with E-state index < -0.39 is 0 Å². The minimum atomic E-state index is -0.189. The van der Waals surface area contributed by atoms with Gasteiger partial charge in [0.25, 0.3) is 0 Å². The van der Waals surface area contributed by atoms with Crippen LogP contribution in [-0.2, 0) is 20.4 Å². The summed E-state index contributed by atoms with van der Waals surface area (Å²) in [6, 6.07) is 44.9. The normalized spacial score (nSPS) is 23.9. The van der Waals surface area contributed by atoms with Gasteiger partial charge >= 0.3 is 0 Å². The first-order chi connectivity index (χ1) is 42.5. The molecule has 0 aliphatic carbocycles. The molecule has 6 fully saturated rings. The molecule has 14 rings (SSSR count). The van der Waals surface area contributed by atoms with Gasteiger partial charge in [-0.3, -0.25) is 9.59 Å². The van der Waals surface area contributed by atoms with E-state index in [4.69, 9.17) is 21.4 Å². The molecule has 88 heavy (non-hydrogen) atoms. The van der Waals surface area contributed by atoms with Crippen LogP contribution in [0.15, 0.2) is 121 Å². The van der Waals surface area contributed by atoms with E-state index in [0.29, 0.717) is 34.8 Å². The Kier molecular flexibility index (Phi) is 16.6. The van der Waals surface area contributed by atoms with Crippen molar-refractivity contribution in [3.05, 3.63) is 166 Å². The van der Waals surface area contributed by atoms with Crippen LogP contribution in [0.25, 0.3) is 22.1 Å². The Bertz CT molecular complexity index is 3590. The Morgan fingerprint density at radius 2 is 0.795 bits per heavy atom. The number of H-pyrrole nitrogens is 2. The van der Waals surface area contributed by atoms with Gasteiger partial charge in [0, 0.05) is 11.4 Å². The summed E-state index contributed by atoms with van der Waals surface area (Å²) >= 11 is 0. The van der Waals surface area contributed by atoms with Crippen molar-refractivity contribution in [3.8, 4) is 0 Å². The maximum absolute atomic E-state index is 13.0. The van der Waals surface area contributed by atoms with Gasteiger partial charge in [-0.05, 0) is 220 Å². The Morgan fingerprint density at radius 1 is 0.443 bits per heavy atom. The molecular formula is C72H90N14O2. The number of imidazole rings is 2. The van der Waals surface area contributed by atoms with Crippen molar-refractivity contribution >= 4 is 68.0 Å². The van der Waals surface area contributed by atoms with Crippen LogP contribution in [0, 0.1) is 0 Å². The van der Waals surface area contributed by atoms with Crippen molar-refractivity contribution < 1.29 is 9.59 Å². The fraction of sp³-hybridized carbons (Fsp3) is 0.444. The Labute approximate surface area is 518 Å². The van der Waals surface area contributed by atoms with Gasteiger partial charge in [-0.25, -0.2) is 9.97 Å². The molecule has 0 radical (unpaired) electrons. The average Bonchev–Trinajstić information content (AvgIpc) is 2.27. The highest BCUT2D eigenvalue weighted by atomic mass is 16.2. The first-order valence-electron chi connectivity index (χ1n) is 32.6. The summed E-state index contributed by atoms with van der Waals surface area (Å²) in [4.78, 5) is 48.3. The molecule has 2 amide bonds. The van der Waals surface area contributed by atoms with Gasteiger partial charge in [-0.1, -0.05) is 90.1 Å². The monoisotopic (exact) mass is 1180 g/mol. The zero-order valence-corrected chi connectivity index (χ0v) is 52.2. The highest BCUT2D eigenvalue weighted by Crippen LogP contribution is 2.50. The van der Waals surface area contributed by atoms with Crippen LogP contribution < -0.4 is 53.2 Å². The second-order valence-electron chi connectivity index (χ2n) is 27.7.